The number of rotatable bonds is 6. The largest absolute Gasteiger partial charge is 0.378 e. The third-order valence-electron chi connectivity index (χ3n) is 7.20. The lowest BCUT2D eigenvalue weighted by molar-refractivity contribution is -0.128. The molecule has 0 spiro atoms. The molecule has 4 rings (SSSR count). The Bertz CT molecular complexity index is 950. The third-order valence-corrected chi connectivity index (χ3v) is 7.20. The summed E-state index contributed by atoms with van der Waals surface area (Å²) in [4.78, 5) is 30.9. The Hall–Kier alpha value is -2.69. The molecule has 170 valence electrons. The van der Waals surface area contributed by atoms with E-state index in [2.05, 4.69) is 28.1 Å². The topological polar surface area (TPSA) is 85.7 Å². The lowest BCUT2D eigenvalue weighted by atomic mass is 9.78. The summed E-state index contributed by atoms with van der Waals surface area (Å²) in [5.41, 5.74) is 2.05. The minimum absolute atomic E-state index is 0.0874. The molecule has 2 saturated heterocycles. The van der Waals surface area contributed by atoms with Crippen LogP contribution in [-0.4, -0.2) is 73.5 Å². The van der Waals surface area contributed by atoms with E-state index in [9.17, 15) is 14.9 Å². The molecule has 0 bridgehead atoms. The van der Waals surface area contributed by atoms with Gasteiger partial charge in [0.05, 0.1) is 11.3 Å². The van der Waals surface area contributed by atoms with E-state index in [1.165, 1.54) is 12.8 Å². The number of nitrogens with one attached hydrogen (secondary N) is 1. The van der Waals surface area contributed by atoms with E-state index in [0.717, 1.165) is 38.0 Å². The van der Waals surface area contributed by atoms with Crippen LogP contribution in [0.25, 0.3) is 5.70 Å². The minimum atomic E-state index is -0.975. The molecule has 0 aromatic heterocycles. The maximum atomic E-state index is 13.4. The first kappa shape index (κ1) is 22.5. The number of hydrogen-bond donors (Lipinski definition) is 1. The second kappa shape index (κ2) is 9.43. The summed E-state index contributed by atoms with van der Waals surface area (Å²) in [7, 11) is 1.72. The molecule has 0 saturated carbocycles. The van der Waals surface area contributed by atoms with Gasteiger partial charge < -0.3 is 19.9 Å². The highest BCUT2D eigenvalue weighted by molar-refractivity contribution is 6.21. The van der Waals surface area contributed by atoms with Crippen molar-refractivity contribution < 1.29 is 14.3 Å². The number of carbonyl (C=O) groups is 2. The zero-order chi connectivity index (χ0) is 22.7. The smallest absolute Gasteiger partial charge is 0.235 e. The molecule has 1 atom stereocenters. The fourth-order valence-corrected chi connectivity index (χ4v) is 5.05. The molecule has 2 heterocycles. The number of ether oxygens (including phenoxy) is 1. The van der Waals surface area contributed by atoms with Gasteiger partial charge in [0.1, 0.15) is 17.6 Å². The molecular formula is C25H32N4O3. The number of piperidine rings is 1. The maximum Gasteiger partial charge on any atom is 0.235 e. The number of methoxy groups -OCH3 is 1. The number of allylic oxidation sites excluding steroid dienone is 1. The lowest BCUT2D eigenvalue weighted by Crippen LogP contribution is -2.45. The number of hydrogen-bond acceptors (Lipinski definition) is 6. The number of carbonyl (C=O) groups excluding carboxylic acids is 2. The van der Waals surface area contributed by atoms with Gasteiger partial charge in [0.25, 0.3) is 0 Å². The predicted octanol–water partition coefficient (Wildman–Crippen LogP) is 2.30. The highest BCUT2D eigenvalue weighted by Crippen LogP contribution is 2.40. The standard InChI is InChI=1S/C25H32N4O3/c1-25(32-2)9-14-29(15-10-25)22-19-8-4-3-7-18(19)21(23(30)20(22)17-26)24(31)27-11-16-28-12-5-6-13-28/h3-4,7-8,21H,5-6,9-16H2,1-2H3,(H,27,31). The van der Waals surface area contributed by atoms with E-state index in [4.69, 9.17) is 4.74 Å². The molecule has 1 aromatic rings. The van der Waals surface area contributed by atoms with Gasteiger partial charge in [-0.25, -0.2) is 0 Å². The van der Waals surface area contributed by atoms with E-state index in [1.807, 2.05) is 24.3 Å². The van der Waals surface area contributed by atoms with Gasteiger partial charge in [-0.05, 0) is 51.3 Å². The van der Waals surface area contributed by atoms with Gasteiger partial charge in [0.15, 0.2) is 5.78 Å². The van der Waals surface area contributed by atoms with Crippen LogP contribution in [0.2, 0.25) is 0 Å². The number of nitriles is 1. The second-order valence-corrected chi connectivity index (χ2v) is 9.20. The van der Waals surface area contributed by atoms with Gasteiger partial charge in [0.2, 0.25) is 5.91 Å². The first-order valence-electron chi connectivity index (χ1n) is 11.6. The summed E-state index contributed by atoms with van der Waals surface area (Å²) < 4.78 is 5.65. The predicted molar refractivity (Wildman–Crippen MR) is 122 cm³/mol. The van der Waals surface area contributed by atoms with Gasteiger partial charge in [-0.1, -0.05) is 24.3 Å². The van der Waals surface area contributed by atoms with Crippen molar-refractivity contribution in [3.8, 4) is 6.07 Å². The maximum absolute atomic E-state index is 13.4. The van der Waals surface area contributed by atoms with Crippen LogP contribution in [0.1, 0.15) is 49.7 Å². The molecule has 7 heteroatoms. The Morgan fingerprint density at radius 1 is 1.22 bits per heavy atom. The summed E-state index contributed by atoms with van der Waals surface area (Å²) in [6.07, 6.45) is 4.01. The van der Waals surface area contributed by atoms with E-state index in [1.54, 1.807) is 7.11 Å². The van der Waals surface area contributed by atoms with Crippen LogP contribution in [0.15, 0.2) is 29.8 Å². The Morgan fingerprint density at radius 2 is 1.91 bits per heavy atom. The zero-order valence-electron chi connectivity index (χ0n) is 19.0. The third kappa shape index (κ3) is 4.30. The average molecular weight is 437 g/mol. The molecule has 1 N–H and O–H groups in total. The van der Waals surface area contributed by atoms with Crippen LogP contribution in [-0.2, 0) is 14.3 Å². The summed E-state index contributed by atoms with van der Waals surface area (Å²) in [6.45, 7) is 6.88. The van der Waals surface area contributed by atoms with E-state index < -0.39 is 11.7 Å². The fraction of sp³-hybridized carbons (Fsp3) is 0.560. The first-order valence-corrected chi connectivity index (χ1v) is 11.6. The summed E-state index contributed by atoms with van der Waals surface area (Å²) >= 11 is 0. The summed E-state index contributed by atoms with van der Waals surface area (Å²) in [5.74, 6) is -1.70. The summed E-state index contributed by atoms with van der Waals surface area (Å²) in [6, 6.07) is 9.64. The molecular weight excluding hydrogens is 404 g/mol. The van der Waals surface area contributed by atoms with Crippen molar-refractivity contribution in [2.75, 3.05) is 46.4 Å². The molecule has 1 aliphatic carbocycles. The number of nitrogens with zero attached hydrogens (tertiary/aromatic N) is 3. The number of amides is 1. The van der Waals surface area contributed by atoms with Crippen molar-refractivity contribution in [2.45, 2.75) is 44.1 Å². The van der Waals surface area contributed by atoms with Crippen molar-refractivity contribution in [3.63, 3.8) is 0 Å². The number of Topliss-reactive ketones (excluding diaryl/α,β-unsaturated/α-hetero) is 1. The van der Waals surface area contributed by atoms with Crippen molar-refractivity contribution in [1.82, 2.24) is 15.1 Å². The monoisotopic (exact) mass is 436 g/mol. The minimum Gasteiger partial charge on any atom is -0.378 e. The van der Waals surface area contributed by atoms with Crippen LogP contribution in [0.3, 0.4) is 0 Å². The fourth-order valence-electron chi connectivity index (χ4n) is 5.05. The van der Waals surface area contributed by atoms with E-state index in [-0.39, 0.29) is 17.1 Å². The van der Waals surface area contributed by atoms with Crippen LogP contribution in [0.4, 0.5) is 0 Å². The van der Waals surface area contributed by atoms with Crippen molar-refractivity contribution >= 4 is 17.4 Å². The molecule has 1 aromatic carbocycles. The van der Waals surface area contributed by atoms with Crippen molar-refractivity contribution in [2.24, 2.45) is 0 Å². The van der Waals surface area contributed by atoms with E-state index >= 15 is 0 Å². The molecule has 1 unspecified atom stereocenters. The Labute approximate surface area is 190 Å². The Morgan fingerprint density at radius 3 is 2.56 bits per heavy atom. The Balaban J connectivity index is 1.58. The molecule has 3 aliphatic rings. The second-order valence-electron chi connectivity index (χ2n) is 9.20. The molecule has 7 nitrogen and oxygen atoms in total. The highest BCUT2D eigenvalue weighted by Gasteiger charge is 2.41. The quantitative estimate of drug-likeness (QED) is 0.689. The van der Waals surface area contributed by atoms with Crippen molar-refractivity contribution in [3.05, 3.63) is 41.0 Å². The van der Waals surface area contributed by atoms with Crippen molar-refractivity contribution in [1.29, 1.82) is 5.26 Å². The highest BCUT2D eigenvalue weighted by atomic mass is 16.5. The van der Waals surface area contributed by atoms with Gasteiger partial charge >= 0.3 is 0 Å². The molecule has 1 amide bonds. The molecule has 2 aliphatic heterocycles. The first-order chi connectivity index (χ1) is 15.5. The zero-order valence-corrected chi connectivity index (χ0v) is 19.0. The van der Waals surface area contributed by atoms with Crippen LogP contribution < -0.4 is 5.32 Å². The van der Waals surface area contributed by atoms with E-state index in [0.29, 0.717) is 30.9 Å². The number of fused-ring (bicyclic) bond motifs is 1. The number of ketones is 1. The average Bonchev–Trinajstić information content (AvgIpc) is 3.32. The van der Waals surface area contributed by atoms with Gasteiger partial charge in [-0.3, -0.25) is 9.59 Å². The van der Waals surface area contributed by atoms with Crippen LogP contribution in [0.5, 0.6) is 0 Å². The molecule has 2 fully saturated rings. The van der Waals surface area contributed by atoms with Gasteiger partial charge in [0, 0.05) is 38.9 Å². The van der Waals surface area contributed by atoms with Crippen LogP contribution in [0, 0.1) is 11.3 Å². The normalized spacial score (nSPS) is 23.1. The SMILES string of the molecule is COC1(C)CCN(C2=C(C#N)C(=O)C(C(=O)NCCN3CCCC3)c3ccccc32)CC1. The van der Waals surface area contributed by atoms with Gasteiger partial charge in [-0.2, -0.15) is 5.26 Å². The molecule has 32 heavy (non-hydrogen) atoms. The van der Waals surface area contributed by atoms with Gasteiger partial charge in [-0.15, -0.1) is 0 Å². The van der Waals surface area contributed by atoms with Crippen LogP contribution >= 0.6 is 0 Å². The number of likely N-dealkylation sites (tertiary alicyclic amines) is 2. The summed E-state index contributed by atoms with van der Waals surface area (Å²) in [5, 5.41) is 12.9. The lowest BCUT2D eigenvalue weighted by Gasteiger charge is -2.42. The Kier molecular flexibility index (Phi) is 6.63. The number of benzene rings is 1. The molecule has 0 radical (unpaired) electrons.